The number of likely N-dealkylation sites (tertiary alicyclic amines) is 1. The molecule has 1 rings (SSSR count). The van der Waals surface area contributed by atoms with Crippen molar-refractivity contribution in [1.82, 2.24) is 4.90 Å². The molecule has 1 aliphatic rings. The summed E-state index contributed by atoms with van der Waals surface area (Å²) in [7, 11) is 0. The van der Waals surface area contributed by atoms with Gasteiger partial charge in [-0.05, 0) is 31.6 Å². The first-order chi connectivity index (χ1) is 10.3. The van der Waals surface area contributed by atoms with Crippen molar-refractivity contribution in [1.29, 1.82) is 0 Å². The Hall–Kier alpha value is -1.06. The number of nitrogens with zero attached hydrogens (tertiary/aromatic N) is 1. The van der Waals surface area contributed by atoms with E-state index < -0.39 is 0 Å². The van der Waals surface area contributed by atoms with Gasteiger partial charge in [-0.2, -0.15) is 0 Å². The number of piperidine rings is 1. The minimum Gasteiger partial charge on any atom is -0.468 e. The monoisotopic (exact) mass is 297 g/mol. The standard InChI is InChI=1S/C17H31NO3/c1-2-3-5-9-17(20)18-12-10-16(11-13-18)8-6-4-7-14-21-15-19/h15-16H,2-14H2,1H3. The molecular weight excluding hydrogens is 266 g/mol. The molecular formula is C17H31NO3. The van der Waals surface area contributed by atoms with E-state index >= 15 is 0 Å². The Kier molecular flexibility index (Phi) is 9.92. The highest BCUT2D eigenvalue weighted by Crippen LogP contribution is 2.23. The van der Waals surface area contributed by atoms with E-state index in [2.05, 4.69) is 16.6 Å². The Balaban J connectivity index is 2.03. The fourth-order valence-corrected chi connectivity index (χ4v) is 3.00. The van der Waals surface area contributed by atoms with Crippen molar-refractivity contribution in [3.05, 3.63) is 0 Å². The maximum atomic E-state index is 12.0. The number of carbonyl (C=O) groups excluding carboxylic acids is 2. The average Bonchev–Trinajstić information content (AvgIpc) is 2.51. The number of ether oxygens (including phenoxy) is 1. The zero-order chi connectivity index (χ0) is 15.3. The van der Waals surface area contributed by atoms with E-state index in [0.717, 1.165) is 64.0 Å². The van der Waals surface area contributed by atoms with Crippen LogP contribution in [0.15, 0.2) is 0 Å². The van der Waals surface area contributed by atoms with E-state index in [0.29, 0.717) is 19.0 Å². The molecule has 0 unspecified atom stereocenters. The Bertz CT molecular complexity index is 286. The molecule has 0 spiro atoms. The summed E-state index contributed by atoms with van der Waals surface area (Å²) >= 11 is 0. The minimum absolute atomic E-state index is 0.355. The van der Waals surface area contributed by atoms with Crippen molar-refractivity contribution in [2.45, 2.75) is 71.1 Å². The summed E-state index contributed by atoms with van der Waals surface area (Å²) in [6.45, 7) is 5.14. The second-order valence-electron chi connectivity index (χ2n) is 6.10. The third kappa shape index (κ3) is 8.08. The lowest BCUT2D eigenvalue weighted by Crippen LogP contribution is -2.38. The highest BCUT2D eigenvalue weighted by atomic mass is 16.5. The van der Waals surface area contributed by atoms with Gasteiger partial charge >= 0.3 is 0 Å². The molecule has 0 aromatic heterocycles. The Morgan fingerprint density at radius 1 is 1.14 bits per heavy atom. The van der Waals surface area contributed by atoms with E-state index in [4.69, 9.17) is 0 Å². The van der Waals surface area contributed by atoms with Crippen LogP contribution in [0.1, 0.15) is 71.1 Å². The third-order valence-corrected chi connectivity index (χ3v) is 4.40. The molecule has 1 fully saturated rings. The highest BCUT2D eigenvalue weighted by molar-refractivity contribution is 5.76. The normalized spacial score (nSPS) is 16.0. The van der Waals surface area contributed by atoms with E-state index in [1.807, 2.05) is 0 Å². The molecule has 0 atom stereocenters. The van der Waals surface area contributed by atoms with Crippen LogP contribution in [0.4, 0.5) is 0 Å². The van der Waals surface area contributed by atoms with Crippen LogP contribution in [0, 0.1) is 5.92 Å². The average molecular weight is 297 g/mol. The molecule has 0 saturated carbocycles. The second-order valence-corrected chi connectivity index (χ2v) is 6.10. The van der Waals surface area contributed by atoms with Gasteiger partial charge in [0.1, 0.15) is 0 Å². The lowest BCUT2D eigenvalue weighted by molar-refractivity contribution is -0.133. The second kappa shape index (κ2) is 11.6. The predicted molar refractivity (Wildman–Crippen MR) is 83.9 cm³/mol. The first kappa shape index (κ1) is 18.0. The molecule has 4 nitrogen and oxygen atoms in total. The molecule has 1 heterocycles. The van der Waals surface area contributed by atoms with Gasteiger partial charge in [0.25, 0.3) is 6.47 Å². The SMILES string of the molecule is CCCCCC(=O)N1CCC(CCCCCOC=O)CC1. The lowest BCUT2D eigenvalue weighted by atomic mass is 9.91. The van der Waals surface area contributed by atoms with Crippen LogP contribution < -0.4 is 0 Å². The third-order valence-electron chi connectivity index (χ3n) is 4.40. The zero-order valence-electron chi connectivity index (χ0n) is 13.5. The number of unbranched alkanes of at least 4 members (excludes halogenated alkanes) is 4. The van der Waals surface area contributed by atoms with Gasteiger partial charge in [0, 0.05) is 19.5 Å². The van der Waals surface area contributed by atoms with E-state index in [-0.39, 0.29) is 0 Å². The number of hydrogen-bond acceptors (Lipinski definition) is 3. The Morgan fingerprint density at radius 3 is 2.57 bits per heavy atom. The van der Waals surface area contributed by atoms with Crippen LogP contribution in [0.25, 0.3) is 0 Å². The minimum atomic E-state index is 0.355. The van der Waals surface area contributed by atoms with Gasteiger partial charge in [-0.25, -0.2) is 0 Å². The predicted octanol–water partition coefficient (Wildman–Crippen LogP) is 3.54. The van der Waals surface area contributed by atoms with Gasteiger partial charge in [-0.3, -0.25) is 9.59 Å². The van der Waals surface area contributed by atoms with Crippen molar-refractivity contribution in [2.75, 3.05) is 19.7 Å². The van der Waals surface area contributed by atoms with Gasteiger partial charge in [0.05, 0.1) is 6.61 Å². The smallest absolute Gasteiger partial charge is 0.293 e. The molecule has 0 aromatic carbocycles. The van der Waals surface area contributed by atoms with Crippen molar-refractivity contribution in [3.8, 4) is 0 Å². The van der Waals surface area contributed by atoms with E-state index in [1.54, 1.807) is 0 Å². The molecule has 122 valence electrons. The molecule has 0 radical (unpaired) electrons. The Morgan fingerprint density at radius 2 is 1.90 bits per heavy atom. The molecule has 0 aromatic rings. The number of carbonyl (C=O) groups is 2. The van der Waals surface area contributed by atoms with Crippen molar-refractivity contribution in [3.63, 3.8) is 0 Å². The Labute approximate surface area is 129 Å². The van der Waals surface area contributed by atoms with Crippen molar-refractivity contribution >= 4 is 12.4 Å². The van der Waals surface area contributed by atoms with Gasteiger partial charge in [0.15, 0.2) is 0 Å². The van der Waals surface area contributed by atoms with Gasteiger partial charge in [0.2, 0.25) is 5.91 Å². The molecule has 0 bridgehead atoms. The fraction of sp³-hybridized carbons (Fsp3) is 0.882. The lowest BCUT2D eigenvalue weighted by Gasteiger charge is -2.32. The van der Waals surface area contributed by atoms with Crippen LogP contribution >= 0.6 is 0 Å². The van der Waals surface area contributed by atoms with Crippen LogP contribution in [0.2, 0.25) is 0 Å². The number of hydrogen-bond donors (Lipinski definition) is 0. The summed E-state index contributed by atoms with van der Waals surface area (Å²) in [6.07, 6.45) is 11.0. The molecule has 1 amide bonds. The molecule has 1 aliphatic heterocycles. The topological polar surface area (TPSA) is 46.6 Å². The fourth-order valence-electron chi connectivity index (χ4n) is 3.00. The van der Waals surface area contributed by atoms with E-state index in [1.165, 1.54) is 19.3 Å². The van der Waals surface area contributed by atoms with Gasteiger partial charge < -0.3 is 9.64 Å². The summed E-state index contributed by atoms with van der Waals surface area (Å²) in [6, 6.07) is 0. The first-order valence-corrected chi connectivity index (χ1v) is 8.61. The molecule has 1 saturated heterocycles. The summed E-state index contributed by atoms with van der Waals surface area (Å²) in [5, 5.41) is 0. The maximum Gasteiger partial charge on any atom is 0.293 e. The van der Waals surface area contributed by atoms with Gasteiger partial charge in [-0.1, -0.05) is 39.0 Å². The summed E-state index contributed by atoms with van der Waals surface area (Å²) < 4.78 is 4.68. The quantitative estimate of drug-likeness (QED) is 0.433. The summed E-state index contributed by atoms with van der Waals surface area (Å²) in [4.78, 5) is 24.1. The molecule has 0 aliphatic carbocycles. The molecule has 4 heteroatoms. The highest BCUT2D eigenvalue weighted by Gasteiger charge is 2.21. The van der Waals surface area contributed by atoms with Crippen LogP contribution in [-0.4, -0.2) is 37.0 Å². The largest absolute Gasteiger partial charge is 0.468 e. The number of rotatable bonds is 11. The molecule has 21 heavy (non-hydrogen) atoms. The molecule has 0 N–H and O–H groups in total. The summed E-state index contributed by atoms with van der Waals surface area (Å²) in [5.41, 5.74) is 0. The van der Waals surface area contributed by atoms with Crippen molar-refractivity contribution < 1.29 is 14.3 Å². The number of amides is 1. The first-order valence-electron chi connectivity index (χ1n) is 8.61. The van der Waals surface area contributed by atoms with E-state index in [9.17, 15) is 9.59 Å². The van der Waals surface area contributed by atoms with Crippen LogP contribution in [-0.2, 0) is 14.3 Å². The van der Waals surface area contributed by atoms with Crippen LogP contribution in [0.3, 0.4) is 0 Å². The van der Waals surface area contributed by atoms with Crippen molar-refractivity contribution in [2.24, 2.45) is 5.92 Å². The maximum absolute atomic E-state index is 12.0. The zero-order valence-corrected chi connectivity index (χ0v) is 13.5. The van der Waals surface area contributed by atoms with Gasteiger partial charge in [-0.15, -0.1) is 0 Å². The summed E-state index contributed by atoms with van der Waals surface area (Å²) in [5.74, 6) is 1.13. The van der Waals surface area contributed by atoms with Crippen LogP contribution in [0.5, 0.6) is 0 Å².